The molecule has 2 atom stereocenters. The van der Waals surface area contributed by atoms with Crippen molar-refractivity contribution in [2.45, 2.75) is 49.7 Å². The lowest BCUT2D eigenvalue weighted by molar-refractivity contribution is -0.121. The Balaban J connectivity index is 1.92. The number of rotatable bonds is 6. The molecule has 4 nitrogen and oxygen atoms in total. The van der Waals surface area contributed by atoms with Gasteiger partial charge in [-0.1, -0.05) is 18.9 Å². The smallest absolute Gasteiger partial charge is 0.235 e. The first-order valence-electron chi connectivity index (χ1n) is 7.51. The molecule has 1 aliphatic rings. The van der Waals surface area contributed by atoms with Crippen LogP contribution in [0.5, 0.6) is 5.75 Å². The number of halogens is 1. The van der Waals surface area contributed by atoms with Crippen LogP contribution in [0, 0.1) is 5.82 Å². The fourth-order valence-corrected chi connectivity index (χ4v) is 3.66. The van der Waals surface area contributed by atoms with Crippen LogP contribution < -0.4 is 10.1 Å². The summed E-state index contributed by atoms with van der Waals surface area (Å²) in [6.45, 7) is 1.65. The zero-order chi connectivity index (χ0) is 16.1. The van der Waals surface area contributed by atoms with Crippen molar-refractivity contribution < 1.29 is 18.1 Å². The van der Waals surface area contributed by atoms with Crippen LogP contribution in [0.3, 0.4) is 0 Å². The van der Waals surface area contributed by atoms with E-state index in [2.05, 4.69) is 5.32 Å². The Kier molecular flexibility index (Phi) is 5.94. The molecule has 0 aliphatic heterocycles. The number of methoxy groups -OCH3 is 1. The minimum Gasteiger partial charge on any atom is -0.494 e. The third-order valence-electron chi connectivity index (χ3n) is 3.99. The van der Waals surface area contributed by atoms with Gasteiger partial charge in [0.2, 0.25) is 5.91 Å². The highest BCUT2D eigenvalue weighted by Gasteiger charge is 2.24. The summed E-state index contributed by atoms with van der Waals surface area (Å²) in [4.78, 5) is 12.1. The Morgan fingerprint density at radius 1 is 1.45 bits per heavy atom. The van der Waals surface area contributed by atoms with Crippen LogP contribution in [0.1, 0.15) is 38.2 Å². The summed E-state index contributed by atoms with van der Waals surface area (Å²) in [7, 11) is 0.0123. The Hall–Kier alpha value is -1.43. The van der Waals surface area contributed by atoms with E-state index in [0.29, 0.717) is 5.56 Å². The second-order valence-electron chi connectivity index (χ2n) is 5.63. The molecule has 1 saturated carbocycles. The van der Waals surface area contributed by atoms with Gasteiger partial charge in [-0.3, -0.25) is 9.00 Å². The molecule has 1 aliphatic carbocycles. The maximum absolute atomic E-state index is 13.6. The zero-order valence-electron chi connectivity index (χ0n) is 12.9. The summed E-state index contributed by atoms with van der Waals surface area (Å²) in [6.07, 6.45) is 4.25. The van der Waals surface area contributed by atoms with Crippen molar-refractivity contribution in [2.24, 2.45) is 0 Å². The molecule has 2 rings (SSSR count). The number of ether oxygens (including phenoxy) is 1. The normalized spacial score (nSPS) is 18.0. The largest absolute Gasteiger partial charge is 0.494 e. The predicted molar refractivity (Wildman–Crippen MR) is 84.7 cm³/mol. The van der Waals surface area contributed by atoms with E-state index < -0.39 is 21.9 Å². The van der Waals surface area contributed by atoms with Gasteiger partial charge in [0.05, 0.1) is 7.11 Å². The monoisotopic (exact) mass is 327 g/mol. The third-order valence-corrected chi connectivity index (χ3v) is 5.61. The van der Waals surface area contributed by atoms with Gasteiger partial charge in [-0.25, -0.2) is 4.39 Å². The van der Waals surface area contributed by atoms with Gasteiger partial charge in [-0.05, 0) is 37.5 Å². The summed E-state index contributed by atoms with van der Waals surface area (Å²) >= 11 is 0. The van der Waals surface area contributed by atoms with E-state index in [-0.39, 0.29) is 23.5 Å². The maximum Gasteiger partial charge on any atom is 0.235 e. The predicted octanol–water partition coefficient (Wildman–Crippen LogP) is 2.53. The summed E-state index contributed by atoms with van der Waals surface area (Å²) in [5.74, 6) is -0.360. The van der Waals surface area contributed by atoms with E-state index in [9.17, 15) is 13.4 Å². The first kappa shape index (κ1) is 16.9. The number of hydrogen-bond acceptors (Lipinski definition) is 3. The van der Waals surface area contributed by atoms with Gasteiger partial charge in [0, 0.05) is 22.6 Å². The molecule has 0 radical (unpaired) electrons. The molecule has 0 unspecified atom stereocenters. The molecule has 1 N–H and O–H groups in total. The van der Waals surface area contributed by atoms with Crippen molar-refractivity contribution in [3.05, 3.63) is 29.6 Å². The van der Waals surface area contributed by atoms with Crippen molar-refractivity contribution in [1.29, 1.82) is 0 Å². The van der Waals surface area contributed by atoms with Crippen molar-refractivity contribution in [3.63, 3.8) is 0 Å². The van der Waals surface area contributed by atoms with Crippen LogP contribution in [0.15, 0.2) is 18.2 Å². The van der Waals surface area contributed by atoms with Crippen LogP contribution >= 0.6 is 0 Å². The fourth-order valence-electron chi connectivity index (χ4n) is 2.60. The molecule has 0 saturated heterocycles. The lowest BCUT2D eigenvalue weighted by Gasteiger charge is -2.16. The second kappa shape index (κ2) is 7.72. The van der Waals surface area contributed by atoms with Gasteiger partial charge >= 0.3 is 0 Å². The molecule has 122 valence electrons. The molecule has 6 heteroatoms. The molecule has 0 aromatic heterocycles. The van der Waals surface area contributed by atoms with E-state index in [0.717, 1.165) is 25.7 Å². The van der Waals surface area contributed by atoms with E-state index in [1.165, 1.54) is 19.2 Å². The highest BCUT2D eigenvalue weighted by atomic mass is 32.2. The van der Waals surface area contributed by atoms with Crippen LogP contribution in [-0.2, 0) is 21.3 Å². The first-order chi connectivity index (χ1) is 10.5. The van der Waals surface area contributed by atoms with Gasteiger partial charge in [0.1, 0.15) is 5.25 Å². The molecule has 0 heterocycles. The van der Waals surface area contributed by atoms with Crippen LogP contribution in [-0.4, -0.2) is 28.5 Å². The molecular formula is C16H22FNO3S. The molecule has 1 aromatic carbocycles. The van der Waals surface area contributed by atoms with Gasteiger partial charge in [-0.2, -0.15) is 0 Å². The standard InChI is InChI=1S/C16H22FNO3S/c1-11(16(19)18-13-5-3-4-6-13)22(20)10-12-7-8-15(21-2)14(17)9-12/h7-9,11,13H,3-6,10H2,1-2H3,(H,18,19)/t11-,22+/m0/s1. The Bertz CT molecular complexity index is 558. The van der Waals surface area contributed by atoms with Crippen LogP contribution in [0.25, 0.3) is 0 Å². The van der Waals surface area contributed by atoms with Crippen molar-refractivity contribution in [3.8, 4) is 5.75 Å². The highest BCUT2D eigenvalue weighted by Crippen LogP contribution is 2.20. The minimum atomic E-state index is -1.38. The Morgan fingerprint density at radius 3 is 2.73 bits per heavy atom. The number of hydrogen-bond donors (Lipinski definition) is 1. The Labute approximate surface area is 132 Å². The van der Waals surface area contributed by atoms with E-state index in [1.807, 2.05) is 0 Å². The van der Waals surface area contributed by atoms with Crippen molar-refractivity contribution >= 4 is 16.7 Å². The van der Waals surface area contributed by atoms with Crippen LogP contribution in [0.4, 0.5) is 4.39 Å². The summed E-state index contributed by atoms with van der Waals surface area (Å²) in [6, 6.07) is 4.69. The maximum atomic E-state index is 13.6. The number of benzene rings is 1. The third kappa shape index (κ3) is 4.29. The van der Waals surface area contributed by atoms with Crippen LogP contribution in [0.2, 0.25) is 0 Å². The SMILES string of the molecule is COc1ccc(C[S@@](=O)[C@@H](C)C(=O)NC2CCCC2)cc1F. The highest BCUT2D eigenvalue weighted by molar-refractivity contribution is 7.85. The van der Waals surface area contributed by atoms with Gasteiger partial charge in [0.15, 0.2) is 11.6 Å². The molecule has 0 bridgehead atoms. The number of carbonyl (C=O) groups excluding carboxylic acids is 1. The van der Waals surface area contributed by atoms with E-state index in [1.54, 1.807) is 13.0 Å². The summed E-state index contributed by atoms with van der Waals surface area (Å²) in [5.41, 5.74) is 0.595. The zero-order valence-corrected chi connectivity index (χ0v) is 13.7. The summed E-state index contributed by atoms with van der Waals surface area (Å²) < 4.78 is 30.8. The van der Waals surface area contributed by atoms with E-state index >= 15 is 0 Å². The molecule has 22 heavy (non-hydrogen) atoms. The lowest BCUT2D eigenvalue weighted by Crippen LogP contribution is -2.40. The number of nitrogens with one attached hydrogen (secondary N) is 1. The molecule has 1 amide bonds. The average Bonchev–Trinajstić information content (AvgIpc) is 2.99. The first-order valence-corrected chi connectivity index (χ1v) is 8.89. The molecule has 1 fully saturated rings. The topological polar surface area (TPSA) is 55.4 Å². The van der Waals surface area contributed by atoms with E-state index in [4.69, 9.17) is 4.74 Å². The summed E-state index contributed by atoms with van der Waals surface area (Å²) in [5, 5.41) is 2.34. The van der Waals surface area contributed by atoms with Crippen molar-refractivity contribution in [1.82, 2.24) is 5.32 Å². The number of carbonyl (C=O) groups is 1. The molecule has 0 spiro atoms. The lowest BCUT2D eigenvalue weighted by atomic mass is 10.2. The Morgan fingerprint density at radius 2 is 2.14 bits per heavy atom. The number of amides is 1. The van der Waals surface area contributed by atoms with Gasteiger partial charge in [0.25, 0.3) is 0 Å². The van der Waals surface area contributed by atoms with Crippen molar-refractivity contribution in [2.75, 3.05) is 7.11 Å². The molecule has 1 aromatic rings. The van der Waals surface area contributed by atoms with Gasteiger partial charge in [-0.15, -0.1) is 0 Å². The second-order valence-corrected chi connectivity index (χ2v) is 7.38. The molecular weight excluding hydrogens is 305 g/mol. The average molecular weight is 327 g/mol. The minimum absolute atomic E-state index is 0.153. The quantitative estimate of drug-likeness (QED) is 0.873. The fraction of sp³-hybridized carbons (Fsp3) is 0.562. The van der Waals surface area contributed by atoms with Gasteiger partial charge < -0.3 is 10.1 Å².